The number of hydrogen-bond acceptors (Lipinski definition) is 2. The Kier molecular flexibility index (Phi) is 5.82. The molecule has 0 aliphatic carbocycles. The molecular formula is C18H19ClO2. The standard InChI is InChI=1S/C18H19ClO2/c1-2-3-11-21-17-9-7-15(8-10-17)18(20)13-14-5-4-6-16(19)12-14/h4-10,12H,2-3,11,13H2,1H3. The Hall–Kier alpha value is -1.80. The van der Waals surface area contributed by atoms with Gasteiger partial charge in [0.25, 0.3) is 0 Å². The van der Waals surface area contributed by atoms with Crippen LogP contribution in [-0.4, -0.2) is 12.4 Å². The van der Waals surface area contributed by atoms with Gasteiger partial charge >= 0.3 is 0 Å². The zero-order chi connectivity index (χ0) is 15.1. The molecule has 2 aromatic carbocycles. The lowest BCUT2D eigenvalue weighted by Crippen LogP contribution is -2.04. The molecule has 0 aliphatic heterocycles. The van der Waals surface area contributed by atoms with E-state index < -0.39 is 0 Å². The average Bonchev–Trinajstić information content (AvgIpc) is 2.48. The fourth-order valence-electron chi connectivity index (χ4n) is 2.01. The van der Waals surface area contributed by atoms with Gasteiger partial charge < -0.3 is 4.74 Å². The Balaban J connectivity index is 1.96. The second-order valence-corrected chi connectivity index (χ2v) is 5.39. The van der Waals surface area contributed by atoms with Crippen molar-refractivity contribution >= 4 is 17.4 Å². The normalized spacial score (nSPS) is 10.4. The van der Waals surface area contributed by atoms with Gasteiger partial charge in [0.2, 0.25) is 0 Å². The van der Waals surface area contributed by atoms with Gasteiger partial charge in [0.05, 0.1) is 6.61 Å². The maximum absolute atomic E-state index is 12.2. The Morgan fingerprint density at radius 2 is 1.90 bits per heavy atom. The fraction of sp³-hybridized carbons (Fsp3) is 0.278. The van der Waals surface area contributed by atoms with Crippen molar-refractivity contribution in [1.82, 2.24) is 0 Å². The lowest BCUT2D eigenvalue weighted by Gasteiger charge is -2.06. The van der Waals surface area contributed by atoms with Crippen molar-refractivity contribution in [3.63, 3.8) is 0 Å². The molecule has 0 heterocycles. The van der Waals surface area contributed by atoms with Gasteiger partial charge in [-0.15, -0.1) is 0 Å². The minimum absolute atomic E-state index is 0.0809. The van der Waals surface area contributed by atoms with Gasteiger partial charge in [-0.05, 0) is 48.4 Å². The van der Waals surface area contributed by atoms with Crippen LogP contribution in [0.3, 0.4) is 0 Å². The van der Waals surface area contributed by atoms with Crippen LogP contribution < -0.4 is 4.74 Å². The van der Waals surface area contributed by atoms with E-state index in [4.69, 9.17) is 16.3 Å². The van der Waals surface area contributed by atoms with Crippen LogP contribution in [0.2, 0.25) is 5.02 Å². The Labute approximate surface area is 130 Å². The van der Waals surface area contributed by atoms with Crippen LogP contribution in [0.4, 0.5) is 0 Å². The number of unbranched alkanes of at least 4 members (excludes halogenated alkanes) is 1. The van der Waals surface area contributed by atoms with Crippen molar-refractivity contribution in [2.45, 2.75) is 26.2 Å². The molecule has 0 N–H and O–H groups in total. The zero-order valence-corrected chi connectivity index (χ0v) is 12.9. The number of Topliss-reactive ketones (excluding diaryl/α,β-unsaturated/α-hetero) is 1. The number of halogens is 1. The second kappa shape index (κ2) is 7.84. The molecule has 110 valence electrons. The molecule has 2 nitrogen and oxygen atoms in total. The maximum Gasteiger partial charge on any atom is 0.167 e. The second-order valence-electron chi connectivity index (χ2n) is 4.96. The molecule has 0 aliphatic rings. The van der Waals surface area contributed by atoms with Gasteiger partial charge in [-0.3, -0.25) is 4.79 Å². The third kappa shape index (κ3) is 4.91. The summed E-state index contributed by atoms with van der Waals surface area (Å²) in [4.78, 5) is 12.2. The molecule has 2 rings (SSSR count). The summed E-state index contributed by atoms with van der Waals surface area (Å²) in [5, 5.41) is 0.653. The number of rotatable bonds is 7. The predicted octanol–water partition coefficient (Wildman–Crippen LogP) is 4.94. The van der Waals surface area contributed by atoms with E-state index in [9.17, 15) is 4.79 Å². The molecule has 3 heteroatoms. The van der Waals surface area contributed by atoms with Crippen molar-refractivity contribution in [2.75, 3.05) is 6.61 Å². The summed E-state index contributed by atoms with van der Waals surface area (Å²) in [5.74, 6) is 0.889. The Bertz CT molecular complexity index is 590. The highest BCUT2D eigenvalue weighted by atomic mass is 35.5. The first kappa shape index (κ1) is 15.6. The summed E-state index contributed by atoms with van der Waals surface area (Å²) in [6.07, 6.45) is 2.50. The van der Waals surface area contributed by atoms with Gasteiger partial charge in [-0.25, -0.2) is 0 Å². The van der Waals surface area contributed by atoms with Gasteiger partial charge in [-0.1, -0.05) is 37.1 Å². The molecule has 21 heavy (non-hydrogen) atoms. The van der Waals surface area contributed by atoms with E-state index in [-0.39, 0.29) is 5.78 Å². The van der Waals surface area contributed by atoms with E-state index in [1.807, 2.05) is 42.5 Å². The molecule has 0 fully saturated rings. The Morgan fingerprint density at radius 3 is 2.57 bits per heavy atom. The first-order chi connectivity index (χ1) is 10.2. The molecule has 0 radical (unpaired) electrons. The highest BCUT2D eigenvalue weighted by molar-refractivity contribution is 6.30. The first-order valence-electron chi connectivity index (χ1n) is 7.19. The fourth-order valence-corrected chi connectivity index (χ4v) is 2.22. The van der Waals surface area contributed by atoms with E-state index in [0.717, 1.165) is 24.2 Å². The minimum atomic E-state index is 0.0809. The largest absolute Gasteiger partial charge is 0.494 e. The summed E-state index contributed by atoms with van der Waals surface area (Å²) >= 11 is 5.93. The summed E-state index contributed by atoms with van der Waals surface area (Å²) < 4.78 is 5.59. The lowest BCUT2D eigenvalue weighted by atomic mass is 10.0. The Morgan fingerprint density at radius 1 is 1.14 bits per heavy atom. The third-order valence-electron chi connectivity index (χ3n) is 3.20. The molecule has 0 atom stereocenters. The third-order valence-corrected chi connectivity index (χ3v) is 3.43. The van der Waals surface area contributed by atoms with Crippen molar-refractivity contribution in [3.05, 3.63) is 64.7 Å². The van der Waals surface area contributed by atoms with Crippen LogP contribution in [0.15, 0.2) is 48.5 Å². The quantitative estimate of drug-likeness (QED) is 0.534. The minimum Gasteiger partial charge on any atom is -0.494 e. The lowest BCUT2D eigenvalue weighted by molar-refractivity contribution is 0.0993. The number of carbonyl (C=O) groups is 1. The SMILES string of the molecule is CCCCOc1ccc(C(=O)Cc2cccc(Cl)c2)cc1. The summed E-state index contributed by atoms with van der Waals surface area (Å²) in [5.41, 5.74) is 1.62. The number of carbonyl (C=O) groups excluding carboxylic acids is 1. The molecule has 0 spiro atoms. The highest BCUT2D eigenvalue weighted by Gasteiger charge is 2.07. The molecule has 0 unspecified atom stereocenters. The molecule has 0 saturated heterocycles. The van der Waals surface area contributed by atoms with Crippen LogP contribution in [0, 0.1) is 0 Å². The van der Waals surface area contributed by atoms with E-state index in [1.54, 1.807) is 6.07 Å². The highest BCUT2D eigenvalue weighted by Crippen LogP contribution is 2.16. The number of ketones is 1. The van der Waals surface area contributed by atoms with Crippen molar-refractivity contribution in [3.8, 4) is 5.75 Å². The van der Waals surface area contributed by atoms with Crippen LogP contribution >= 0.6 is 11.6 Å². The van der Waals surface area contributed by atoms with Crippen LogP contribution in [0.5, 0.6) is 5.75 Å². The summed E-state index contributed by atoms with van der Waals surface area (Å²) in [6.45, 7) is 2.84. The maximum atomic E-state index is 12.2. The molecule has 2 aromatic rings. The molecule has 0 bridgehead atoms. The molecule has 0 saturated carbocycles. The van der Waals surface area contributed by atoms with E-state index in [1.165, 1.54) is 0 Å². The number of ether oxygens (including phenoxy) is 1. The molecule has 0 amide bonds. The molecule has 0 aromatic heterocycles. The van der Waals surface area contributed by atoms with E-state index in [0.29, 0.717) is 23.6 Å². The smallest absolute Gasteiger partial charge is 0.167 e. The number of hydrogen-bond donors (Lipinski definition) is 0. The summed E-state index contributed by atoms with van der Waals surface area (Å²) in [6, 6.07) is 14.7. The number of benzene rings is 2. The van der Waals surface area contributed by atoms with Gasteiger partial charge in [0.15, 0.2) is 5.78 Å². The monoisotopic (exact) mass is 302 g/mol. The van der Waals surface area contributed by atoms with Gasteiger partial charge in [0.1, 0.15) is 5.75 Å². The van der Waals surface area contributed by atoms with Crippen molar-refractivity contribution < 1.29 is 9.53 Å². The van der Waals surface area contributed by atoms with Crippen molar-refractivity contribution in [2.24, 2.45) is 0 Å². The van der Waals surface area contributed by atoms with Crippen molar-refractivity contribution in [1.29, 1.82) is 0 Å². The molecular weight excluding hydrogens is 284 g/mol. The summed E-state index contributed by atoms with van der Waals surface area (Å²) in [7, 11) is 0. The zero-order valence-electron chi connectivity index (χ0n) is 12.1. The topological polar surface area (TPSA) is 26.3 Å². The van der Waals surface area contributed by atoms with Crippen LogP contribution in [-0.2, 0) is 6.42 Å². The van der Waals surface area contributed by atoms with Gasteiger partial charge in [-0.2, -0.15) is 0 Å². The van der Waals surface area contributed by atoms with E-state index >= 15 is 0 Å². The van der Waals surface area contributed by atoms with Crippen LogP contribution in [0.1, 0.15) is 35.7 Å². The van der Waals surface area contributed by atoms with Crippen LogP contribution in [0.25, 0.3) is 0 Å². The van der Waals surface area contributed by atoms with E-state index in [2.05, 4.69) is 6.92 Å². The first-order valence-corrected chi connectivity index (χ1v) is 7.57. The predicted molar refractivity (Wildman–Crippen MR) is 86.3 cm³/mol. The van der Waals surface area contributed by atoms with Gasteiger partial charge in [0, 0.05) is 17.0 Å². The average molecular weight is 303 g/mol.